The van der Waals surface area contributed by atoms with E-state index in [1.54, 1.807) is 6.92 Å². The van der Waals surface area contributed by atoms with Crippen molar-refractivity contribution in [3.63, 3.8) is 0 Å². The first-order valence-corrected chi connectivity index (χ1v) is 14.6. The summed E-state index contributed by atoms with van der Waals surface area (Å²) in [4.78, 5) is 78.8. The van der Waals surface area contributed by atoms with Crippen molar-refractivity contribution in [1.29, 1.82) is 0 Å². The van der Waals surface area contributed by atoms with Crippen molar-refractivity contribution in [2.75, 3.05) is 6.54 Å². The molecule has 0 radical (unpaired) electrons. The van der Waals surface area contributed by atoms with E-state index in [0.717, 1.165) is 0 Å². The van der Waals surface area contributed by atoms with Crippen LogP contribution < -0.4 is 38.5 Å². The molecule has 0 bridgehead atoms. The number of carboxylic acids is 2. The van der Waals surface area contributed by atoms with Crippen LogP contribution in [-0.4, -0.2) is 99.7 Å². The van der Waals surface area contributed by atoms with Crippen LogP contribution in [0.5, 0.6) is 0 Å². The molecule has 44 heavy (non-hydrogen) atoms. The Labute approximate surface area is 257 Å². The first kappa shape index (κ1) is 40.0. The molecule has 0 heterocycles. The summed E-state index contributed by atoms with van der Waals surface area (Å²) in [6.45, 7) is 8.59. The van der Waals surface area contributed by atoms with E-state index in [-0.39, 0.29) is 43.6 Å². The number of nitrogens with zero attached hydrogens (tertiary/aromatic N) is 1. The van der Waals surface area contributed by atoms with E-state index in [4.69, 9.17) is 22.3 Å². The minimum absolute atomic E-state index is 0.0598. The van der Waals surface area contributed by atoms with E-state index in [9.17, 15) is 39.0 Å². The van der Waals surface area contributed by atoms with Gasteiger partial charge >= 0.3 is 11.9 Å². The first-order valence-electron chi connectivity index (χ1n) is 14.6. The number of carbonyl (C=O) groups excluding carboxylic acids is 4. The van der Waals surface area contributed by atoms with Gasteiger partial charge < -0.3 is 53.8 Å². The highest BCUT2D eigenvalue weighted by Gasteiger charge is 2.34. The second kappa shape index (κ2) is 20.1. The normalized spacial score (nSPS) is 15.8. The largest absolute Gasteiger partial charge is 0.481 e. The molecule has 7 atom stereocenters. The standard InChI is InChI=1S/C27H50N8O9/c1-6-14(4)20(28)24(41)34-18(12-13(2)3)23(40)35-21(15(5)36)25(42)32-16(9-10-19(37)38)22(39)33-17(26(43)44)8-7-11-31-27(29)30/h13-18,20-21,36H,6-12,28H2,1-5H3,(H,32,42)(H,33,39)(H,34,41)(H,35,40)(H,37,38)(H,43,44)(H4,29,30,31)/t14-,15+,16-,17-,18-,20-,21-/m0/s1. The van der Waals surface area contributed by atoms with Crippen molar-refractivity contribution in [3.05, 3.63) is 0 Å². The van der Waals surface area contributed by atoms with Gasteiger partial charge in [-0.1, -0.05) is 34.1 Å². The Bertz CT molecular complexity index is 1020. The fourth-order valence-corrected chi connectivity index (χ4v) is 3.97. The van der Waals surface area contributed by atoms with E-state index in [1.807, 2.05) is 20.8 Å². The van der Waals surface area contributed by atoms with Gasteiger partial charge in [0.2, 0.25) is 23.6 Å². The van der Waals surface area contributed by atoms with Gasteiger partial charge in [0, 0.05) is 13.0 Å². The van der Waals surface area contributed by atoms with Crippen molar-refractivity contribution in [2.45, 2.75) is 109 Å². The van der Waals surface area contributed by atoms with E-state index in [0.29, 0.717) is 6.42 Å². The molecule has 0 saturated carbocycles. The predicted molar refractivity (Wildman–Crippen MR) is 161 cm³/mol. The van der Waals surface area contributed by atoms with Crippen molar-refractivity contribution in [3.8, 4) is 0 Å². The molecule has 0 aliphatic rings. The van der Waals surface area contributed by atoms with Crippen molar-refractivity contribution >= 4 is 41.5 Å². The number of rotatable bonds is 21. The maximum atomic E-state index is 13.2. The van der Waals surface area contributed by atoms with E-state index in [1.165, 1.54) is 6.92 Å². The second-order valence-electron chi connectivity index (χ2n) is 11.2. The number of hydrogen-bond donors (Lipinski definition) is 10. The number of aliphatic hydroxyl groups is 1. The molecule has 0 aliphatic heterocycles. The van der Waals surface area contributed by atoms with Gasteiger partial charge in [0.15, 0.2) is 5.96 Å². The molecule has 0 aromatic heterocycles. The molecule has 17 nitrogen and oxygen atoms in total. The third-order valence-electron chi connectivity index (χ3n) is 6.80. The highest BCUT2D eigenvalue weighted by atomic mass is 16.4. The number of hydrogen-bond acceptors (Lipinski definition) is 9. The van der Waals surface area contributed by atoms with Gasteiger partial charge in [0.1, 0.15) is 24.2 Å². The van der Waals surface area contributed by atoms with Gasteiger partial charge in [-0.3, -0.25) is 29.0 Å². The maximum Gasteiger partial charge on any atom is 0.326 e. The van der Waals surface area contributed by atoms with Gasteiger partial charge in [-0.2, -0.15) is 0 Å². The molecular weight excluding hydrogens is 580 g/mol. The summed E-state index contributed by atoms with van der Waals surface area (Å²) in [5.74, 6) is -6.46. The molecule has 0 spiro atoms. The molecule has 0 aromatic rings. The summed E-state index contributed by atoms with van der Waals surface area (Å²) in [5, 5.41) is 38.6. The Hall–Kier alpha value is -3.99. The van der Waals surface area contributed by atoms with Crippen LogP contribution in [0.15, 0.2) is 4.99 Å². The minimum Gasteiger partial charge on any atom is -0.481 e. The number of guanidine groups is 1. The molecule has 17 heteroatoms. The zero-order valence-corrected chi connectivity index (χ0v) is 26.0. The lowest BCUT2D eigenvalue weighted by atomic mass is 9.97. The van der Waals surface area contributed by atoms with Crippen LogP contribution in [0.3, 0.4) is 0 Å². The fourth-order valence-electron chi connectivity index (χ4n) is 3.97. The number of aliphatic carboxylic acids is 2. The molecule has 0 unspecified atom stereocenters. The zero-order chi connectivity index (χ0) is 34.1. The zero-order valence-electron chi connectivity index (χ0n) is 26.0. The lowest BCUT2D eigenvalue weighted by Gasteiger charge is -2.28. The maximum absolute atomic E-state index is 13.2. The van der Waals surface area contributed by atoms with Gasteiger partial charge in [0.25, 0.3) is 0 Å². The number of amides is 4. The van der Waals surface area contributed by atoms with Gasteiger partial charge in [0.05, 0.1) is 12.1 Å². The molecule has 0 aliphatic carbocycles. The monoisotopic (exact) mass is 630 g/mol. The Morgan fingerprint density at radius 2 is 1.32 bits per heavy atom. The Balaban J connectivity index is 5.84. The van der Waals surface area contributed by atoms with Gasteiger partial charge in [-0.05, 0) is 44.4 Å². The molecule has 0 aromatic carbocycles. The quantitative estimate of drug-likeness (QED) is 0.0365. The van der Waals surface area contributed by atoms with E-state index in [2.05, 4.69) is 26.3 Å². The summed E-state index contributed by atoms with van der Waals surface area (Å²) in [5.41, 5.74) is 16.5. The van der Waals surface area contributed by atoms with Crippen LogP contribution in [0.2, 0.25) is 0 Å². The molecule has 252 valence electrons. The van der Waals surface area contributed by atoms with Crippen LogP contribution in [0.4, 0.5) is 0 Å². The summed E-state index contributed by atoms with van der Waals surface area (Å²) >= 11 is 0. The summed E-state index contributed by atoms with van der Waals surface area (Å²) in [6, 6.07) is -6.54. The third kappa shape index (κ3) is 15.5. The second-order valence-corrected chi connectivity index (χ2v) is 11.2. The molecule has 0 saturated heterocycles. The lowest BCUT2D eigenvalue weighted by molar-refractivity contribution is -0.143. The average molecular weight is 631 g/mol. The van der Waals surface area contributed by atoms with Gasteiger partial charge in [-0.25, -0.2) is 4.79 Å². The molecule has 0 fully saturated rings. The third-order valence-corrected chi connectivity index (χ3v) is 6.80. The fraction of sp³-hybridized carbons (Fsp3) is 0.741. The average Bonchev–Trinajstić information content (AvgIpc) is 2.92. The number of aliphatic imine (C=N–C) groups is 1. The molecule has 4 amide bonds. The Morgan fingerprint density at radius 1 is 0.773 bits per heavy atom. The molecule has 13 N–H and O–H groups in total. The minimum atomic E-state index is -1.62. The van der Waals surface area contributed by atoms with Crippen LogP contribution in [-0.2, 0) is 28.8 Å². The van der Waals surface area contributed by atoms with Crippen LogP contribution >= 0.6 is 0 Å². The summed E-state index contributed by atoms with van der Waals surface area (Å²) in [6.07, 6.45) is -1.55. The number of nitrogens with one attached hydrogen (secondary N) is 4. The SMILES string of the molecule is CC[C@H](C)[C@H](N)C(=O)N[C@@H](CC(C)C)C(=O)N[C@H](C(=O)N[C@@H](CCC(=O)O)C(=O)N[C@@H](CCCN=C(N)N)C(=O)O)[C@@H](C)O. The number of carboxylic acid groups (broad SMARTS) is 2. The highest BCUT2D eigenvalue weighted by molar-refractivity contribution is 5.95. The lowest BCUT2D eigenvalue weighted by Crippen LogP contribution is -2.61. The topological polar surface area (TPSA) is 302 Å². The summed E-state index contributed by atoms with van der Waals surface area (Å²) in [7, 11) is 0. The highest BCUT2D eigenvalue weighted by Crippen LogP contribution is 2.10. The van der Waals surface area contributed by atoms with Crippen molar-refractivity contribution in [2.24, 2.45) is 34.0 Å². The van der Waals surface area contributed by atoms with Crippen LogP contribution in [0.25, 0.3) is 0 Å². The number of nitrogens with two attached hydrogens (primary N) is 3. The Kier molecular flexibility index (Phi) is 18.2. The number of aliphatic hydroxyl groups excluding tert-OH is 1. The summed E-state index contributed by atoms with van der Waals surface area (Å²) < 4.78 is 0. The van der Waals surface area contributed by atoms with E-state index < -0.39 is 84.7 Å². The predicted octanol–water partition coefficient (Wildman–Crippen LogP) is -2.27. The van der Waals surface area contributed by atoms with Crippen LogP contribution in [0, 0.1) is 11.8 Å². The molecular formula is C27H50N8O9. The first-order chi connectivity index (χ1) is 20.4. The smallest absolute Gasteiger partial charge is 0.326 e. The van der Waals surface area contributed by atoms with E-state index >= 15 is 0 Å². The van der Waals surface area contributed by atoms with Crippen molar-refractivity contribution < 1.29 is 44.1 Å². The Morgan fingerprint density at radius 3 is 1.80 bits per heavy atom. The van der Waals surface area contributed by atoms with Crippen LogP contribution in [0.1, 0.15) is 73.1 Å². The number of carbonyl (C=O) groups is 6. The molecule has 0 rings (SSSR count). The van der Waals surface area contributed by atoms with Crippen molar-refractivity contribution in [1.82, 2.24) is 21.3 Å². The van der Waals surface area contributed by atoms with Gasteiger partial charge in [-0.15, -0.1) is 0 Å².